The van der Waals surface area contributed by atoms with Crippen LogP contribution in [0, 0.1) is 5.41 Å². The van der Waals surface area contributed by atoms with Gasteiger partial charge in [0.2, 0.25) is 0 Å². The van der Waals surface area contributed by atoms with E-state index in [9.17, 15) is 5.11 Å². The van der Waals surface area contributed by atoms with Crippen molar-refractivity contribution in [1.82, 2.24) is 0 Å². The van der Waals surface area contributed by atoms with Gasteiger partial charge >= 0.3 is 0 Å². The third-order valence-corrected chi connectivity index (χ3v) is 3.45. The molecule has 1 nitrogen and oxygen atoms in total. The Hall–Kier alpha value is 0.0500. The van der Waals surface area contributed by atoms with E-state index in [4.69, 9.17) is 0 Å². The van der Waals surface area contributed by atoms with Crippen LogP contribution in [0.5, 0.6) is 0 Å². The first-order chi connectivity index (χ1) is 5.52. The number of aliphatic hydroxyl groups is 1. The third kappa shape index (κ3) is 2.53. The highest BCUT2D eigenvalue weighted by molar-refractivity contribution is 7.99. The molecule has 1 heterocycles. The van der Waals surface area contributed by atoms with E-state index in [0.29, 0.717) is 5.41 Å². The Morgan fingerprint density at radius 2 is 2.25 bits per heavy atom. The third-order valence-electron chi connectivity index (χ3n) is 2.44. The fraction of sp³-hybridized carbons (Fsp3) is 0.800. The van der Waals surface area contributed by atoms with Crippen molar-refractivity contribution >= 4 is 11.8 Å². The molecule has 0 radical (unpaired) electrons. The molecule has 0 aromatic heterocycles. The van der Waals surface area contributed by atoms with E-state index in [2.05, 4.69) is 13.8 Å². The molecule has 1 rings (SSSR count). The summed E-state index contributed by atoms with van der Waals surface area (Å²) in [6.45, 7) is 6.35. The van der Waals surface area contributed by atoms with Crippen molar-refractivity contribution in [3.63, 3.8) is 0 Å². The molecule has 0 amide bonds. The standard InChI is InChI=1S/C10H18OS/c1-8(11)6-9-7-12-5-4-10(9,2)3/h6,8,11H,4-5,7H2,1-3H3/b9-6-. The molecule has 0 spiro atoms. The molecule has 12 heavy (non-hydrogen) atoms. The van der Waals surface area contributed by atoms with E-state index in [1.54, 1.807) is 0 Å². The molecule has 0 aromatic carbocycles. The minimum absolute atomic E-state index is 0.294. The molecule has 1 fully saturated rings. The minimum Gasteiger partial charge on any atom is -0.389 e. The maximum Gasteiger partial charge on any atom is 0.0695 e. The predicted molar refractivity (Wildman–Crippen MR) is 55.5 cm³/mol. The lowest BCUT2D eigenvalue weighted by molar-refractivity contribution is 0.240. The minimum atomic E-state index is -0.294. The van der Waals surface area contributed by atoms with E-state index in [0.717, 1.165) is 5.75 Å². The summed E-state index contributed by atoms with van der Waals surface area (Å²) in [5.41, 5.74) is 1.72. The molecule has 70 valence electrons. The first-order valence-electron chi connectivity index (χ1n) is 4.49. The van der Waals surface area contributed by atoms with Crippen LogP contribution < -0.4 is 0 Å². The van der Waals surface area contributed by atoms with Crippen LogP contribution in [0.2, 0.25) is 0 Å². The van der Waals surface area contributed by atoms with Gasteiger partial charge in [0.05, 0.1) is 6.10 Å². The molecular weight excluding hydrogens is 168 g/mol. The van der Waals surface area contributed by atoms with Gasteiger partial charge in [-0.2, -0.15) is 11.8 Å². The highest BCUT2D eigenvalue weighted by atomic mass is 32.2. The Morgan fingerprint density at radius 1 is 1.58 bits per heavy atom. The van der Waals surface area contributed by atoms with Crippen LogP contribution in [0.3, 0.4) is 0 Å². The molecule has 0 saturated carbocycles. The van der Waals surface area contributed by atoms with Crippen molar-refractivity contribution < 1.29 is 5.11 Å². The first kappa shape index (κ1) is 10.1. The fourth-order valence-corrected chi connectivity index (χ4v) is 2.94. The van der Waals surface area contributed by atoms with Crippen LogP contribution in [0.1, 0.15) is 27.2 Å². The highest BCUT2D eigenvalue weighted by Gasteiger charge is 2.26. The van der Waals surface area contributed by atoms with Crippen LogP contribution in [-0.4, -0.2) is 22.7 Å². The van der Waals surface area contributed by atoms with E-state index < -0.39 is 0 Å². The molecule has 0 bridgehead atoms. The summed E-state index contributed by atoms with van der Waals surface area (Å²) >= 11 is 1.97. The first-order valence-corrected chi connectivity index (χ1v) is 5.65. The average molecular weight is 186 g/mol. The summed E-state index contributed by atoms with van der Waals surface area (Å²) in [4.78, 5) is 0. The van der Waals surface area contributed by atoms with Crippen LogP contribution in [0.4, 0.5) is 0 Å². The Labute approximate surface area is 79.2 Å². The normalized spacial score (nSPS) is 28.8. The summed E-state index contributed by atoms with van der Waals surface area (Å²) in [7, 11) is 0. The number of hydrogen-bond donors (Lipinski definition) is 1. The van der Waals surface area contributed by atoms with Crippen LogP contribution in [-0.2, 0) is 0 Å². The Morgan fingerprint density at radius 3 is 2.75 bits per heavy atom. The lowest BCUT2D eigenvalue weighted by Gasteiger charge is -2.32. The van der Waals surface area contributed by atoms with Crippen molar-refractivity contribution in [2.45, 2.75) is 33.3 Å². The Bertz CT molecular complexity index is 182. The average Bonchev–Trinajstić information content (AvgIpc) is 1.92. The number of hydrogen-bond acceptors (Lipinski definition) is 2. The Balaban J connectivity index is 2.72. The zero-order chi connectivity index (χ0) is 9.19. The van der Waals surface area contributed by atoms with Crippen molar-refractivity contribution in [2.24, 2.45) is 5.41 Å². The zero-order valence-electron chi connectivity index (χ0n) is 8.13. The molecule has 1 N–H and O–H groups in total. The van der Waals surface area contributed by atoms with Crippen LogP contribution in [0.15, 0.2) is 11.6 Å². The lowest BCUT2D eigenvalue weighted by atomic mass is 9.81. The summed E-state index contributed by atoms with van der Waals surface area (Å²) < 4.78 is 0. The molecule has 1 aliphatic heterocycles. The van der Waals surface area contributed by atoms with Crippen molar-refractivity contribution in [2.75, 3.05) is 11.5 Å². The molecule has 2 heteroatoms. The van der Waals surface area contributed by atoms with Gasteiger partial charge < -0.3 is 5.11 Å². The summed E-state index contributed by atoms with van der Waals surface area (Å²) in [6, 6.07) is 0. The molecular formula is C10H18OS. The van der Waals surface area contributed by atoms with Crippen molar-refractivity contribution in [1.29, 1.82) is 0 Å². The number of thioether (sulfide) groups is 1. The van der Waals surface area contributed by atoms with Gasteiger partial charge in [-0.05, 0) is 24.5 Å². The van der Waals surface area contributed by atoms with Crippen LogP contribution >= 0.6 is 11.8 Å². The highest BCUT2D eigenvalue weighted by Crippen LogP contribution is 2.38. The summed E-state index contributed by atoms with van der Waals surface area (Å²) in [5.74, 6) is 2.35. The summed E-state index contributed by atoms with van der Waals surface area (Å²) in [6.07, 6.45) is 2.94. The maximum absolute atomic E-state index is 9.25. The largest absolute Gasteiger partial charge is 0.389 e. The second-order valence-electron chi connectivity index (χ2n) is 4.12. The van der Waals surface area contributed by atoms with Crippen LogP contribution in [0.25, 0.3) is 0 Å². The monoisotopic (exact) mass is 186 g/mol. The smallest absolute Gasteiger partial charge is 0.0695 e. The zero-order valence-corrected chi connectivity index (χ0v) is 8.95. The Kier molecular flexibility index (Phi) is 3.24. The van der Waals surface area contributed by atoms with Crippen molar-refractivity contribution in [3.8, 4) is 0 Å². The van der Waals surface area contributed by atoms with Gasteiger partial charge in [-0.1, -0.05) is 25.5 Å². The van der Waals surface area contributed by atoms with E-state index in [-0.39, 0.29) is 6.10 Å². The molecule has 0 aromatic rings. The maximum atomic E-state index is 9.25. The summed E-state index contributed by atoms with van der Waals surface area (Å²) in [5, 5.41) is 9.25. The molecule has 0 aliphatic carbocycles. The van der Waals surface area contributed by atoms with E-state index in [1.807, 2.05) is 24.8 Å². The van der Waals surface area contributed by atoms with Gasteiger partial charge in [-0.3, -0.25) is 0 Å². The van der Waals surface area contributed by atoms with Gasteiger partial charge in [0.15, 0.2) is 0 Å². The second kappa shape index (κ2) is 3.84. The SMILES string of the molecule is CC(O)/C=C1/CSCCC1(C)C. The lowest BCUT2D eigenvalue weighted by Crippen LogP contribution is -2.23. The van der Waals surface area contributed by atoms with Crippen molar-refractivity contribution in [3.05, 3.63) is 11.6 Å². The van der Waals surface area contributed by atoms with E-state index in [1.165, 1.54) is 17.7 Å². The van der Waals surface area contributed by atoms with Gasteiger partial charge in [-0.15, -0.1) is 0 Å². The number of aliphatic hydroxyl groups excluding tert-OH is 1. The topological polar surface area (TPSA) is 20.2 Å². The quantitative estimate of drug-likeness (QED) is 0.635. The van der Waals surface area contributed by atoms with Gasteiger partial charge in [0, 0.05) is 5.75 Å². The van der Waals surface area contributed by atoms with Gasteiger partial charge in [-0.25, -0.2) is 0 Å². The fourth-order valence-electron chi connectivity index (χ4n) is 1.43. The molecule has 1 saturated heterocycles. The second-order valence-corrected chi connectivity index (χ2v) is 5.22. The molecule has 1 atom stereocenters. The van der Waals surface area contributed by atoms with Gasteiger partial charge in [0.25, 0.3) is 0 Å². The van der Waals surface area contributed by atoms with Gasteiger partial charge in [0.1, 0.15) is 0 Å². The van der Waals surface area contributed by atoms with E-state index >= 15 is 0 Å². The molecule has 1 unspecified atom stereocenters. The molecule has 1 aliphatic rings. The number of rotatable bonds is 1. The predicted octanol–water partition coefficient (Wildman–Crippen LogP) is 2.46.